The zero-order valence-corrected chi connectivity index (χ0v) is 19.1. The highest BCUT2D eigenvalue weighted by Crippen LogP contribution is 2.50. The summed E-state index contributed by atoms with van der Waals surface area (Å²) in [6, 6.07) is 22.2. The van der Waals surface area contributed by atoms with Crippen molar-refractivity contribution < 1.29 is 14.2 Å². The number of hydrogen-bond acceptors (Lipinski definition) is 6. The van der Waals surface area contributed by atoms with E-state index in [1.165, 1.54) is 0 Å². The lowest BCUT2D eigenvalue weighted by Gasteiger charge is -2.39. The van der Waals surface area contributed by atoms with Gasteiger partial charge in [-0.3, -0.25) is 0 Å². The van der Waals surface area contributed by atoms with Crippen molar-refractivity contribution in [2.24, 2.45) is 0 Å². The first kappa shape index (κ1) is 20.4. The van der Waals surface area contributed by atoms with E-state index in [1.54, 1.807) is 20.5 Å². The molecule has 34 heavy (non-hydrogen) atoms. The minimum atomic E-state index is -0.326. The molecule has 0 fully saturated rings. The molecule has 0 radical (unpaired) electrons. The van der Waals surface area contributed by atoms with Gasteiger partial charge in [-0.05, 0) is 54.4 Å². The second-order valence-corrected chi connectivity index (χ2v) is 8.43. The van der Waals surface area contributed by atoms with Crippen molar-refractivity contribution in [1.82, 2.24) is 14.8 Å². The number of nitrogens with one attached hydrogen (secondary N) is 1. The van der Waals surface area contributed by atoms with E-state index in [-0.39, 0.29) is 12.1 Å². The van der Waals surface area contributed by atoms with Crippen LogP contribution in [0.2, 0.25) is 0 Å². The van der Waals surface area contributed by atoms with Gasteiger partial charge in [-0.1, -0.05) is 35.9 Å². The Kier molecular flexibility index (Phi) is 4.76. The molecule has 170 valence electrons. The Labute approximate surface area is 197 Å². The van der Waals surface area contributed by atoms with Gasteiger partial charge in [-0.25, -0.2) is 4.68 Å². The number of rotatable bonds is 4. The highest BCUT2D eigenvalue weighted by Gasteiger charge is 2.41. The van der Waals surface area contributed by atoms with Gasteiger partial charge < -0.3 is 19.5 Å². The number of benzene rings is 3. The maximum atomic E-state index is 6.68. The largest absolute Gasteiger partial charge is 0.497 e. The van der Waals surface area contributed by atoms with Crippen molar-refractivity contribution in [2.75, 3.05) is 19.5 Å². The third-order valence-electron chi connectivity index (χ3n) is 6.42. The Morgan fingerprint density at radius 1 is 0.882 bits per heavy atom. The van der Waals surface area contributed by atoms with Crippen molar-refractivity contribution >= 4 is 11.6 Å². The summed E-state index contributed by atoms with van der Waals surface area (Å²) in [5.41, 5.74) is 6.36. The van der Waals surface area contributed by atoms with Crippen LogP contribution in [0.15, 0.2) is 78.6 Å². The van der Waals surface area contributed by atoms with Crippen molar-refractivity contribution in [3.8, 4) is 17.2 Å². The van der Waals surface area contributed by atoms with Crippen molar-refractivity contribution in [1.29, 1.82) is 0 Å². The molecule has 0 saturated heterocycles. The molecular formula is C27H24N4O3. The zero-order chi connectivity index (χ0) is 23.2. The zero-order valence-electron chi connectivity index (χ0n) is 19.1. The molecule has 2 aliphatic rings. The Morgan fingerprint density at radius 2 is 1.56 bits per heavy atom. The third-order valence-corrected chi connectivity index (χ3v) is 6.42. The van der Waals surface area contributed by atoms with Crippen LogP contribution < -0.4 is 19.5 Å². The van der Waals surface area contributed by atoms with Gasteiger partial charge in [-0.15, -0.1) is 0 Å². The fraction of sp³-hybridized carbons (Fsp3) is 0.185. The minimum absolute atomic E-state index is 0.208. The molecule has 3 aromatic carbocycles. The number of anilines is 1. The summed E-state index contributed by atoms with van der Waals surface area (Å²) in [5, 5.41) is 8.13. The number of hydrogen-bond donors (Lipinski definition) is 1. The fourth-order valence-electron chi connectivity index (χ4n) is 4.74. The van der Waals surface area contributed by atoms with E-state index in [0.717, 1.165) is 50.8 Å². The fourth-order valence-corrected chi connectivity index (χ4v) is 4.74. The highest BCUT2D eigenvalue weighted by molar-refractivity contribution is 5.85. The summed E-state index contributed by atoms with van der Waals surface area (Å²) >= 11 is 0. The normalized spacial score (nSPS) is 18.2. The molecule has 2 aliphatic heterocycles. The number of methoxy groups -OCH3 is 2. The van der Waals surface area contributed by atoms with Gasteiger partial charge >= 0.3 is 0 Å². The molecule has 0 amide bonds. The third kappa shape index (κ3) is 3.20. The SMILES string of the molecule is COc1ccc([C@@H]2Oc3ccc(C)cc3C3=C2[C@@H](c2ccc(OC)cc2)n2ncnc2N3)cc1. The second kappa shape index (κ2) is 7.95. The van der Waals surface area contributed by atoms with Gasteiger partial charge in [0.2, 0.25) is 5.95 Å². The van der Waals surface area contributed by atoms with E-state index in [9.17, 15) is 0 Å². The van der Waals surface area contributed by atoms with E-state index in [2.05, 4.69) is 58.7 Å². The van der Waals surface area contributed by atoms with Crippen LogP contribution in [0.5, 0.6) is 17.2 Å². The molecular weight excluding hydrogens is 428 g/mol. The lowest BCUT2D eigenvalue weighted by Crippen LogP contribution is -2.32. The minimum Gasteiger partial charge on any atom is -0.497 e. The van der Waals surface area contributed by atoms with E-state index in [4.69, 9.17) is 14.2 Å². The van der Waals surface area contributed by atoms with E-state index >= 15 is 0 Å². The van der Waals surface area contributed by atoms with Crippen molar-refractivity contribution in [2.45, 2.75) is 19.1 Å². The smallest absolute Gasteiger partial charge is 0.226 e. The van der Waals surface area contributed by atoms with Crippen LogP contribution in [0.1, 0.15) is 34.4 Å². The predicted octanol–water partition coefficient (Wildman–Crippen LogP) is 5.16. The molecule has 3 heterocycles. The summed E-state index contributed by atoms with van der Waals surface area (Å²) in [6.07, 6.45) is 1.26. The van der Waals surface area contributed by atoms with E-state index in [1.807, 2.05) is 35.0 Å². The van der Waals surface area contributed by atoms with Gasteiger partial charge in [0.05, 0.1) is 19.9 Å². The Bertz CT molecular complexity index is 1390. The van der Waals surface area contributed by atoms with Crippen LogP contribution in [-0.4, -0.2) is 29.0 Å². The maximum Gasteiger partial charge on any atom is 0.226 e. The second-order valence-electron chi connectivity index (χ2n) is 8.43. The number of ether oxygens (including phenoxy) is 3. The van der Waals surface area contributed by atoms with Gasteiger partial charge in [0.25, 0.3) is 0 Å². The van der Waals surface area contributed by atoms with Gasteiger partial charge in [0.15, 0.2) is 0 Å². The van der Waals surface area contributed by atoms with Crippen molar-refractivity contribution in [3.63, 3.8) is 0 Å². The quantitative estimate of drug-likeness (QED) is 0.461. The lowest BCUT2D eigenvalue weighted by atomic mass is 9.84. The van der Waals surface area contributed by atoms with Gasteiger partial charge in [0, 0.05) is 11.1 Å². The summed E-state index contributed by atoms with van der Waals surface area (Å²) in [7, 11) is 3.34. The first-order valence-electron chi connectivity index (χ1n) is 11.1. The average molecular weight is 453 g/mol. The van der Waals surface area contributed by atoms with Crippen LogP contribution in [0.4, 0.5) is 5.95 Å². The Hall–Kier alpha value is -4.26. The number of nitrogens with zero attached hydrogens (tertiary/aromatic N) is 3. The molecule has 4 aromatic rings. The standard InChI is InChI=1S/C27H24N4O3/c1-16-4-13-22-21(14-16)24-23(26(34-22)18-7-11-20(33-3)12-8-18)25(31-27(30-24)28-15-29-31)17-5-9-19(32-2)10-6-17/h4-15,25-26H,1-3H3,(H,28,29,30)/t25-,26+/m1/s1. The molecule has 7 nitrogen and oxygen atoms in total. The number of fused-ring (bicyclic) bond motifs is 3. The predicted molar refractivity (Wildman–Crippen MR) is 129 cm³/mol. The Morgan fingerprint density at radius 3 is 2.24 bits per heavy atom. The van der Waals surface area contributed by atoms with Gasteiger partial charge in [0.1, 0.15) is 35.7 Å². The summed E-state index contributed by atoms with van der Waals surface area (Å²) in [4.78, 5) is 4.50. The number of aryl methyl sites for hydroxylation is 1. The number of aromatic nitrogens is 3. The van der Waals surface area contributed by atoms with E-state index < -0.39 is 0 Å². The van der Waals surface area contributed by atoms with Crippen LogP contribution >= 0.6 is 0 Å². The summed E-state index contributed by atoms with van der Waals surface area (Å²) < 4.78 is 19.4. The molecule has 0 saturated carbocycles. The van der Waals surface area contributed by atoms with Crippen LogP contribution in [0, 0.1) is 6.92 Å². The molecule has 7 heteroatoms. The first-order chi connectivity index (χ1) is 16.7. The van der Waals surface area contributed by atoms with Crippen LogP contribution in [0.3, 0.4) is 0 Å². The summed E-state index contributed by atoms with van der Waals surface area (Å²) in [6.45, 7) is 2.09. The molecule has 0 bridgehead atoms. The average Bonchev–Trinajstić information content (AvgIpc) is 3.35. The molecule has 0 unspecified atom stereocenters. The maximum absolute atomic E-state index is 6.68. The van der Waals surface area contributed by atoms with Crippen LogP contribution in [-0.2, 0) is 0 Å². The summed E-state index contributed by atoms with van der Waals surface area (Å²) in [5.74, 6) is 3.14. The van der Waals surface area contributed by atoms with Gasteiger partial charge in [-0.2, -0.15) is 10.1 Å². The first-order valence-corrected chi connectivity index (χ1v) is 11.1. The highest BCUT2D eigenvalue weighted by atomic mass is 16.5. The molecule has 1 N–H and O–H groups in total. The molecule has 6 rings (SSSR count). The molecule has 0 spiro atoms. The molecule has 1 aromatic heterocycles. The van der Waals surface area contributed by atoms with Crippen LogP contribution in [0.25, 0.3) is 5.70 Å². The lowest BCUT2D eigenvalue weighted by molar-refractivity contribution is 0.223. The Balaban J connectivity index is 1.59. The molecule has 2 atom stereocenters. The topological polar surface area (TPSA) is 70.4 Å². The van der Waals surface area contributed by atoms with Crippen molar-refractivity contribution in [3.05, 3.63) is 101 Å². The molecule has 0 aliphatic carbocycles. The monoisotopic (exact) mass is 452 g/mol. The van der Waals surface area contributed by atoms with E-state index in [0.29, 0.717) is 5.95 Å².